The number of carbonyl (C=O) groups is 2. The Balaban J connectivity index is 1.65. The van der Waals surface area contributed by atoms with Crippen molar-refractivity contribution in [3.05, 3.63) is 59.7 Å². The topological polar surface area (TPSA) is 92.8 Å². The summed E-state index contributed by atoms with van der Waals surface area (Å²) < 4.78 is 30.3. The fourth-order valence-electron chi connectivity index (χ4n) is 3.17. The van der Waals surface area contributed by atoms with Crippen LogP contribution in [0.25, 0.3) is 0 Å². The Hall–Kier alpha value is -2.87. The van der Waals surface area contributed by atoms with Gasteiger partial charge in [-0.25, -0.2) is 13.2 Å². The molecule has 1 atom stereocenters. The zero-order chi connectivity index (χ0) is 19.6. The number of fused-ring (bicyclic) bond motifs is 1. The van der Waals surface area contributed by atoms with E-state index in [4.69, 9.17) is 4.74 Å². The van der Waals surface area contributed by atoms with Gasteiger partial charge in [-0.2, -0.15) is 0 Å². The number of sulfonamides is 1. The molecule has 0 saturated carbocycles. The lowest BCUT2D eigenvalue weighted by molar-refractivity contribution is -0.119. The normalized spacial score (nSPS) is 15.9. The van der Waals surface area contributed by atoms with Crippen molar-refractivity contribution in [2.45, 2.75) is 19.4 Å². The van der Waals surface area contributed by atoms with Crippen molar-refractivity contribution in [2.24, 2.45) is 0 Å². The third-order valence-corrected chi connectivity index (χ3v) is 5.49. The molecule has 2 aromatic carbocycles. The number of para-hydroxylation sites is 1. The van der Waals surface area contributed by atoms with E-state index in [0.29, 0.717) is 17.8 Å². The molecule has 0 spiro atoms. The second kappa shape index (κ2) is 7.40. The number of nitrogens with zero attached hydrogens (tertiary/aromatic N) is 1. The van der Waals surface area contributed by atoms with Crippen LogP contribution in [0, 0.1) is 0 Å². The van der Waals surface area contributed by atoms with E-state index < -0.39 is 28.5 Å². The minimum Gasteiger partial charge on any atom is -0.452 e. The quantitative estimate of drug-likeness (QED) is 0.793. The van der Waals surface area contributed by atoms with E-state index in [1.54, 1.807) is 36.4 Å². The molecule has 0 saturated heterocycles. The standard InChI is InChI=1S/C19H20N2O5S/c1-13-10-15-11-14(8-9-17(15)21(13)27(2,24)25)19(23)26-12-18(22)20-16-6-4-3-5-7-16/h3-9,11,13H,10,12H2,1-2H3,(H,20,22)/t13-/m1/s1. The van der Waals surface area contributed by atoms with Gasteiger partial charge in [-0.05, 0) is 49.2 Å². The van der Waals surface area contributed by atoms with Crippen molar-refractivity contribution in [3.8, 4) is 0 Å². The number of ether oxygens (including phenoxy) is 1. The maximum Gasteiger partial charge on any atom is 0.338 e. The van der Waals surface area contributed by atoms with Crippen LogP contribution in [-0.4, -0.2) is 39.2 Å². The van der Waals surface area contributed by atoms with Crippen LogP contribution in [0.15, 0.2) is 48.5 Å². The summed E-state index contributed by atoms with van der Waals surface area (Å²) >= 11 is 0. The second-order valence-corrected chi connectivity index (χ2v) is 8.31. The van der Waals surface area contributed by atoms with Gasteiger partial charge in [-0.3, -0.25) is 9.10 Å². The molecule has 0 aromatic heterocycles. The molecule has 8 heteroatoms. The highest BCUT2D eigenvalue weighted by molar-refractivity contribution is 7.92. The van der Waals surface area contributed by atoms with Crippen molar-refractivity contribution in [2.75, 3.05) is 22.5 Å². The SMILES string of the molecule is C[C@@H]1Cc2cc(C(=O)OCC(=O)Nc3ccccc3)ccc2N1S(C)(=O)=O. The molecule has 1 heterocycles. The van der Waals surface area contributed by atoms with Crippen LogP contribution in [0.3, 0.4) is 0 Å². The number of anilines is 2. The predicted octanol–water partition coefficient (Wildman–Crippen LogP) is 2.19. The van der Waals surface area contributed by atoms with E-state index in [0.717, 1.165) is 11.8 Å². The van der Waals surface area contributed by atoms with Crippen molar-refractivity contribution >= 4 is 33.3 Å². The molecular weight excluding hydrogens is 368 g/mol. The molecule has 142 valence electrons. The van der Waals surface area contributed by atoms with Crippen molar-refractivity contribution in [3.63, 3.8) is 0 Å². The third-order valence-electron chi connectivity index (χ3n) is 4.22. The number of esters is 1. The van der Waals surface area contributed by atoms with Gasteiger partial charge in [0.15, 0.2) is 6.61 Å². The summed E-state index contributed by atoms with van der Waals surface area (Å²) in [5.74, 6) is -1.07. The van der Waals surface area contributed by atoms with Gasteiger partial charge in [-0.15, -0.1) is 0 Å². The summed E-state index contributed by atoms with van der Waals surface area (Å²) in [6, 6.07) is 13.4. The number of amides is 1. The van der Waals surface area contributed by atoms with Gasteiger partial charge in [0.1, 0.15) is 0 Å². The second-order valence-electron chi connectivity index (χ2n) is 6.45. The van der Waals surface area contributed by atoms with E-state index >= 15 is 0 Å². The number of carbonyl (C=O) groups excluding carboxylic acids is 2. The van der Waals surface area contributed by atoms with Gasteiger partial charge in [0.25, 0.3) is 5.91 Å². The Morgan fingerprint density at radius 3 is 2.56 bits per heavy atom. The Bertz CT molecular complexity index is 973. The molecule has 0 unspecified atom stereocenters. The lowest BCUT2D eigenvalue weighted by Gasteiger charge is -2.21. The molecular formula is C19H20N2O5S. The van der Waals surface area contributed by atoms with Crippen LogP contribution in [0.5, 0.6) is 0 Å². The molecule has 0 bridgehead atoms. The zero-order valence-electron chi connectivity index (χ0n) is 15.0. The fourth-order valence-corrected chi connectivity index (χ4v) is 4.43. The van der Waals surface area contributed by atoms with E-state index in [1.807, 2.05) is 13.0 Å². The molecule has 0 aliphatic carbocycles. The minimum atomic E-state index is -3.39. The van der Waals surface area contributed by atoms with Crippen LogP contribution in [0.2, 0.25) is 0 Å². The summed E-state index contributed by atoms with van der Waals surface area (Å²) in [5.41, 5.74) is 2.23. The molecule has 1 aliphatic rings. The average molecular weight is 388 g/mol. The molecule has 3 rings (SSSR count). The minimum absolute atomic E-state index is 0.210. The number of nitrogens with one attached hydrogen (secondary N) is 1. The first-order valence-electron chi connectivity index (χ1n) is 8.40. The predicted molar refractivity (Wildman–Crippen MR) is 102 cm³/mol. The Morgan fingerprint density at radius 1 is 1.19 bits per heavy atom. The smallest absolute Gasteiger partial charge is 0.338 e. The first kappa shape index (κ1) is 18.9. The van der Waals surface area contributed by atoms with Gasteiger partial charge in [0, 0.05) is 11.7 Å². The van der Waals surface area contributed by atoms with Gasteiger partial charge >= 0.3 is 5.97 Å². The first-order valence-corrected chi connectivity index (χ1v) is 10.2. The van der Waals surface area contributed by atoms with Gasteiger partial charge < -0.3 is 10.1 Å². The van der Waals surface area contributed by atoms with Crippen molar-refractivity contribution in [1.29, 1.82) is 0 Å². The molecule has 1 aliphatic heterocycles. The Kier molecular flexibility index (Phi) is 5.18. The van der Waals surface area contributed by atoms with Crippen LogP contribution in [0.4, 0.5) is 11.4 Å². The van der Waals surface area contributed by atoms with E-state index in [-0.39, 0.29) is 11.6 Å². The Labute approximate surface area is 158 Å². The van der Waals surface area contributed by atoms with Gasteiger partial charge in [0.05, 0.1) is 17.5 Å². The lowest BCUT2D eigenvalue weighted by atomic mass is 10.1. The molecule has 27 heavy (non-hydrogen) atoms. The fraction of sp³-hybridized carbons (Fsp3) is 0.263. The largest absolute Gasteiger partial charge is 0.452 e. The molecule has 0 fully saturated rings. The molecule has 0 radical (unpaired) electrons. The number of benzene rings is 2. The highest BCUT2D eigenvalue weighted by Crippen LogP contribution is 2.34. The summed E-state index contributed by atoms with van der Waals surface area (Å²) in [7, 11) is -3.39. The zero-order valence-corrected chi connectivity index (χ0v) is 15.8. The van der Waals surface area contributed by atoms with E-state index in [2.05, 4.69) is 5.32 Å². The highest BCUT2D eigenvalue weighted by atomic mass is 32.2. The Morgan fingerprint density at radius 2 is 1.89 bits per heavy atom. The number of hydrogen-bond donors (Lipinski definition) is 1. The average Bonchev–Trinajstić information content (AvgIpc) is 2.95. The summed E-state index contributed by atoms with van der Waals surface area (Å²) in [6.45, 7) is 1.41. The molecule has 1 N–H and O–H groups in total. The van der Waals surface area contributed by atoms with Crippen molar-refractivity contribution < 1.29 is 22.7 Å². The number of hydrogen-bond acceptors (Lipinski definition) is 5. The maximum atomic E-state index is 12.2. The molecule has 1 amide bonds. The third kappa shape index (κ3) is 4.28. The van der Waals surface area contributed by atoms with Gasteiger partial charge in [0.2, 0.25) is 10.0 Å². The van der Waals surface area contributed by atoms with Crippen LogP contribution >= 0.6 is 0 Å². The van der Waals surface area contributed by atoms with Gasteiger partial charge in [-0.1, -0.05) is 18.2 Å². The van der Waals surface area contributed by atoms with Crippen molar-refractivity contribution in [1.82, 2.24) is 0 Å². The summed E-state index contributed by atoms with van der Waals surface area (Å²) in [4.78, 5) is 24.1. The summed E-state index contributed by atoms with van der Waals surface area (Å²) in [6.07, 6.45) is 1.67. The van der Waals surface area contributed by atoms with E-state index in [1.165, 1.54) is 10.4 Å². The van der Waals surface area contributed by atoms with Crippen LogP contribution in [0.1, 0.15) is 22.8 Å². The van der Waals surface area contributed by atoms with Crippen LogP contribution < -0.4 is 9.62 Å². The van der Waals surface area contributed by atoms with Crippen LogP contribution in [-0.2, 0) is 26.0 Å². The monoisotopic (exact) mass is 388 g/mol. The maximum absolute atomic E-state index is 12.2. The molecule has 7 nitrogen and oxygen atoms in total. The number of rotatable bonds is 5. The summed E-state index contributed by atoms with van der Waals surface area (Å²) in [5, 5.41) is 2.63. The lowest BCUT2D eigenvalue weighted by Crippen LogP contribution is -2.34. The highest BCUT2D eigenvalue weighted by Gasteiger charge is 2.32. The molecule has 2 aromatic rings. The van der Waals surface area contributed by atoms with E-state index in [9.17, 15) is 18.0 Å². The first-order chi connectivity index (χ1) is 12.8.